The molecule has 1 aromatic heterocycles. The van der Waals surface area contributed by atoms with Gasteiger partial charge in [0.15, 0.2) is 0 Å². The van der Waals surface area contributed by atoms with E-state index in [9.17, 15) is 0 Å². The number of hydrogen-bond acceptors (Lipinski definition) is 3. The zero-order valence-corrected chi connectivity index (χ0v) is 11.4. The lowest BCUT2D eigenvalue weighted by molar-refractivity contribution is 0.654. The van der Waals surface area contributed by atoms with Crippen molar-refractivity contribution in [1.82, 2.24) is 15.3 Å². The van der Waals surface area contributed by atoms with Crippen LogP contribution in [0.2, 0.25) is 0 Å². The Morgan fingerprint density at radius 1 is 1.24 bits per heavy atom. The highest BCUT2D eigenvalue weighted by Gasteiger charge is 2.24. The third-order valence-corrected chi connectivity index (χ3v) is 3.54. The highest BCUT2D eigenvalue weighted by atomic mass is 14.9. The number of aryl methyl sites for hydroxylation is 2. The Kier molecular flexibility index (Phi) is 3.77. The van der Waals surface area contributed by atoms with E-state index in [-0.39, 0.29) is 0 Å². The molecular weight excluding hydrogens is 210 g/mol. The molecule has 0 radical (unpaired) electrons. The molecule has 0 aliphatic heterocycles. The molecule has 1 fully saturated rings. The van der Waals surface area contributed by atoms with Crippen molar-refractivity contribution in [2.75, 3.05) is 13.6 Å². The lowest BCUT2D eigenvalue weighted by atomic mass is 9.98. The average Bonchev–Trinajstić information content (AvgIpc) is 3.00. The number of aromatic nitrogens is 2. The molecule has 1 atom stereocenters. The smallest absolute Gasteiger partial charge is 0.129 e. The minimum absolute atomic E-state index is 0.481. The molecule has 3 nitrogen and oxygen atoms in total. The van der Waals surface area contributed by atoms with Crippen LogP contribution in [-0.2, 0) is 6.42 Å². The molecular formula is C14H23N3. The number of hydrogen-bond donors (Lipinski definition) is 1. The third-order valence-electron chi connectivity index (χ3n) is 3.54. The van der Waals surface area contributed by atoms with Crippen molar-refractivity contribution in [2.45, 2.75) is 46.0 Å². The maximum atomic E-state index is 4.68. The van der Waals surface area contributed by atoms with Crippen LogP contribution in [0.5, 0.6) is 0 Å². The molecule has 3 heteroatoms. The second-order valence-electron chi connectivity index (χ2n) is 5.33. The van der Waals surface area contributed by atoms with Gasteiger partial charge in [-0.15, -0.1) is 0 Å². The maximum absolute atomic E-state index is 4.68. The lowest BCUT2D eigenvalue weighted by Crippen LogP contribution is -2.18. The summed E-state index contributed by atoms with van der Waals surface area (Å²) in [6, 6.07) is 0. The first-order valence-corrected chi connectivity index (χ1v) is 6.60. The van der Waals surface area contributed by atoms with E-state index in [0.29, 0.717) is 5.92 Å². The van der Waals surface area contributed by atoms with Gasteiger partial charge in [0.1, 0.15) is 5.82 Å². The quantitative estimate of drug-likeness (QED) is 0.848. The van der Waals surface area contributed by atoms with Gasteiger partial charge in [-0.2, -0.15) is 0 Å². The van der Waals surface area contributed by atoms with E-state index in [1.54, 1.807) is 0 Å². The molecule has 94 valence electrons. The molecule has 1 saturated carbocycles. The monoisotopic (exact) mass is 233 g/mol. The molecule has 0 spiro atoms. The van der Waals surface area contributed by atoms with Crippen LogP contribution in [-0.4, -0.2) is 23.6 Å². The van der Waals surface area contributed by atoms with Gasteiger partial charge in [0.25, 0.3) is 0 Å². The van der Waals surface area contributed by atoms with Crippen molar-refractivity contribution in [3.8, 4) is 0 Å². The molecule has 17 heavy (non-hydrogen) atoms. The number of nitrogens with one attached hydrogen (secondary N) is 1. The standard InChI is InChI=1S/C14H23N3/c1-9(8-15-4)14-10(2)16-13(17-11(14)3)7-12-5-6-12/h9,12,15H,5-8H2,1-4H3. The van der Waals surface area contributed by atoms with Crippen molar-refractivity contribution in [1.29, 1.82) is 0 Å². The van der Waals surface area contributed by atoms with Crippen molar-refractivity contribution >= 4 is 0 Å². The first kappa shape index (κ1) is 12.5. The van der Waals surface area contributed by atoms with E-state index in [0.717, 1.165) is 36.1 Å². The first-order valence-electron chi connectivity index (χ1n) is 6.60. The molecule has 1 aromatic rings. The van der Waals surface area contributed by atoms with Gasteiger partial charge in [0.2, 0.25) is 0 Å². The Balaban J connectivity index is 2.21. The highest BCUT2D eigenvalue weighted by molar-refractivity contribution is 5.28. The van der Waals surface area contributed by atoms with Gasteiger partial charge in [-0.05, 0) is 51.1 Å². The van der Waals surface area contributed by atoms with Gasteiger partial charge < -0.3 is 5.32 Å². The fourth-order valence-electron chi connectivity index (χ4n) is 2.59. The maximum Gasteiger partial charge on any atom is 0.129 e. The zero-order chi connectivity index (χ0) is 12.4. The fraction of sp³-hybridized carbons (Fsp3) is 0.714. The van der Waals surface area contributed by atoms with Gasteiger partial charge in [0, 0.05) is 24.4 Å². The summed E-state index contributed by atoms with van der Waals surface area (Å²) in [5.74, 6) is 2.38. The van der Waals surface area contributed by atoms with E-state index in [1.165, 1.54) is 18.4 Å². The van der Waals surface area contributed by atoms with Crippen molar-refractivity contribution in [2.24, 2.45) is 5.92 Å². The normalized spacial score (nSPS) is 17.2. The van der Waals surface area contributed by atoms with Gasteiger partial charge >= 0.3 is 0 Å². The molecule has 1 aliphatic rings. The van der Waals surface area contributed by atoms with E-state index < -0.39 is 0 Å². The Morgan fingerprint density at radius 3 is 2.29 bits per heavy atom. The van der Waals surface area contributed by atoms with Gasteiger partial charge in [-0.3, -0.25) is 0 Å². The first-order chi connectivity index (χ1) is 8.11. The summed E-state index contributed by atoms with van der Waals surface area (Å²) in [6.07, 6.45) is 3.79. The Labute approximate surface area is 104 Å². The second-order valence-corrected chi connectivity index (χ2v) is 5.33. The SMILES string of the molecule is CNCC(C)c1c(C)nc(CC2CC2)nc1C. The molecule has 2 rings (SSSR count). The largest absolute Gasteiger partial charge is 0.319 e. The summed E-state index contributed by atoms with van der Waals surface area (Å²) in [6.45, 7) is 7.45. The summed E-state index contributed by atoms with van der Waals surface area (Å²) in [5.41, 5.74) is 3.64. The van der Waals surface area contributed by atoms with E-state index in [2.05, 4.69) is 36.1 Å². The average molecular weight is 233 g/mol. The Bertz CT molecular complexity index is 373. The highest BCUT2D eigenvalue weighted by Crippen LogP contribution is 2.32. The van der Waals surface area contributed by atoms with E-state index >= 15 is 0 Å². The zero-order valence-electron chi connectivity index (χ0n) is 11.4. The van der Waals surface area contributed by atoms with Crippen molar-refractivity contribution in [3.05, 3.63) is 22.8 Å². The second kappa shape index (κ2) is 5.13. The molecule has 0 aromatic carbocycles. The van der Waals surface area contributed by atoms with Crippen LogP contribution in [0.3, 0.4) is 0 Å². The minimum Gasteiger partial charge on any atom is -0.319 e. The van der Waals surface area contributed by atoms with E-state index in [4.69, 9.17) is 0 Å². The molecule has 1 heterocycles. The molecule has 0 saturated heterocycles. The van der Waals surface area contributed by atoms with Crippen molar-refractivity contribution < 1.29 is 0 Å². The molecule has 1 aliphatic carbocycles. The number of rotatable bonds is 5. The molecule has 0 bridgehead atoms. The summed E-state index contributed by atoms with van der Waals surface area (Å²) in [4.78, 5) is 9.36. The Morgan fingerprint density at radius 2 is 1.82 bits per heavy atom. The molecule has 0 amide bonds. The lowest BCUT2D eigenvalue weighted by Gasteiger charge is -2.17. The topological polar surface area (TPSA) is 37.8 Å². The fourth-order valence-corrected chi connectivity index (χ4v) is 2.59. The molecule has 1 N–H and O–H groups in total. The van der Waals surface area contributed by atoms with Crippen LogP contribution < -0.4 is 5.32 Å². The predicted molar refractivity (Wildman–Crippen MR) is 70.3 cm³/mol. The summed E-state index contributed by atoms with van der Waals surface area (Å²) >= 11 is 0. The minimum atomic E-state index is 0.481. The summed E-state index contributed by atoms with van der Waals surface area (Å²) < 4.78 is 0. The van der Waals surface area contributed by atoms with E-state index in [1.807, 2.05) is 7.05 Å². The predicted octanol–water partition coefficient (Wildman–Crippen LogP) is 2.37. The van der Waals surface area contributed by atoms with Crippen LogP contribution in [0.1, 0.15) is 48.5 Å². The van der Waals surface area contributed by atoms with Crippen LogP contribution in [0.15, 0.2) is 0 Å². The number of likely N-dealkylation sites (N-methyl/N-ethyl adjacent to an activating group) is 1. The van der Waals surface area contributed by atoms with Gasteiger partial charge in [-0.25, -0.2) is 9.97 Å². The third kappa shape index (κ3) is 3.03. The summed E-state index contributed by atoms with van der Waals surface area (Å²) in [7, 11) is 1.99. The summed E-state index contributed by atoms with van der Waals surface area (Å²) in [5, 5.41) is 3.22. The van der Waals surface area contributed by atoms with Crippen LogP contribution >= 0.6 is 0 Å². The van der Waals surface area contributed by atoms with Crippen LogP contribution in [0.4, 0.5) is 0 Å². The van der Waals surface area contributed by atoms with Gasteiger partial charge in [0.05, 0.1) is 0 Å². The number of nitrogens with zero attached hydrogens (tertiary/aromatic N) is 2. The van der Waals surface area contributed by atoms with Gasteiger partial charge in [-0.1, -0.05) is 6.92 Å². The Hall–Kier alpha value is -0.960. The van der Waals surface area contributed by atoms with Crippen LogP contribution in [0, 0.1) is 19.8 Å². The van der Waals surface area contributed by atoms with Crippen LogP contribution in [0.25, 0.3) is 0 Å². The van der Waals surface area contributed by atoms with Crippen molar-refractivity contribution in [3.63, 3.8) is 0 Å². The molecule has 1 unspecified atom stereocenters.